The van der Waals surface area contributed by atoms with Gasteiger partial charge in [0.05, 0.1) is 31.7 Å². The number of Topliss-reactive ketones (excluding diaryl/α,β-unsaturated/α-hetero) is 2. The molecule has 0 N–H and O–H groups in total. The van der Waals surface area contributed by atoms with Crippen LogP contribution in [-0.2, 0) is 10.2 Å². The molecule has 0 spiro atoms. The molecule has 1 aliphatic rings. The van der Waals surface area contributed by atoms with E-state index in [1.54, 1.807) is 39.3 Å². The van der Waals surface area contributed by atoms with E-state index in [4.69, 9.17) is 9.47 Å². The van der Waals surface area contributed by atoms with Crippen LogP contribution in [0.15, 0.2) is 48.5 Å². The second kappa shape index (κ2) is 8.57. The van der Waals surface area contributed by atoms with Gasteiger partial charge in [-0.2, -0.15) is 0 Å². The van der Waals surface area contributed by atoms with Crippen LogP contribution in [0, 0.1) is 0 Å². The van der Waals surface area contributed by atoms with Gasteiger partial charge < -0.3 is 9.47 Å². The molecule has 0 atom stereocenters. The molecule has 2 aromatic carbocycles. The van der Waals surface area contributed by atoms with E-state index in [0.29, 0.717) is 36.7 Å². The maximum absolute atomic E-state index is 12.9. The summed E-state index contributed by atoms with van der Waals surface area (Å²) in [4.78, 5) is 27.5. The first-order chi connectivity index (χ1) is 13.5. The van der Waals surface area contributed by atoms with Crippen molar-refractivity contribution in [2.45, 2.75) is 25.2 Å². The summed E-state index contributed by atoms with van der Waals surface area (Å²) >= 11 is 0. The number of carbonyl (C=O) groups excluding carboxylic acids is 2. The Morgan fingerprint density at radius 2 is 1.68 bits per heavy atom. The number of hydrogen-bond donors (Lipinski definition) is 0. The van der Waals surface area contributed by atoms with Gasteiger partial charge >= 0.3 is 0 Å². The number of benzene rings is 2. The van der Waals surface area contributed by atoms with Crippen molar-refractivity contribution in [1.82, 2.24) is 4.90 Å². The molecule has 0 bridgehead atoms. The van der Waals surface area contributed by atoms with Crippen LogP contribution in [0.2, 0.25) is 0 Å². The van der Waals surface area contributed by atoms with E-state index < -0.39 is 5.41 Å². The van der Waals surface area contributed by atoms with Crippen LogP contribution >= 0.6 is 0 Å². The van der Waals surface area contributed by atoms with Gasteiger partial charge in [-0.1, -0.05) is 30.3 Å². The molecule has 0 radical (unpaired) electrons. The highest BCUT2D eigenvalue weighted by Crippen LogP contribution is 2.36. The SMILES string of the molecule is COc1ccc(OC)c(C(=O)CN2CCC(C(C)=O)(c3ccccc3)CC2)c1. The molecule has 0 aliphatic carbocycles. The van der Waals surface area contributed by atoms with Crippen LogP contribution in [-0.4, -0.2) is 50.3 Å². The maximum Gasteiger partial charge on any atom is 0.180 e. The number of nitrogens with zero attached hydrogens (tertiary/aromatic N) is 1. The monoisotopic (exact) mass is 381 g/mol. The lowest BCUT2D eigenvalue weighted by Gasteiger charge is -2.40. The third-order valence-electron chi connectivity index (χ3n) is 5.78. The van der Waals surface area contributed by atoms with Gasteiger partial charge in [0.15, 0.2) is 5.78 Å². The van der Waals surface area contributed by atoms with Crippen molar-refractivity contribution >= 4 is 11.6 Å². The normalized spacial score (nSPS) is 16.4. The molecule has 0 aromatic heterocycles. The molecule has 1 fully saturated rings. The first kappa shape index (κ1) is 20.1. The quantitative estimate of drug-likeness (QED) is 0.687. The number of methoxy groups -OCH3 is 2. The van der Waals surface area contributed by atoms with Crippen LogP contribution in [0.25, 0.3) is 0 Å². The van der Waals surface area contributed by atoms with E-state index >= 15 is 0 Å². The van der Waals surface area contributed by atoms with E-state index in [0.717, 1.165) is 18.4 Å². The summed E-state index contributed by atoms with van der Waals surface area (Å²) in [5.74, 6) is 1.36. The Morgan fingerprint density at radius 1 is 1.00 bits per heavy atom. The number of piperidine rings is 1. The van der Waals surface area contributed by atoms with Crippen LogP contribution < -0.4 is 9.47 Å². The van der Waals surface area contributed by atoms with E-state index in [1.165, 1.54) is 0 Å². The average molecular weight is 381 g/mol. The largest absolute Gasteiger partial charge is 0.497 e. The standard InChI is InChI=1S/C23H27NO4/c1-17(25)23(18-7-5-4-6-8-18)11-13-24(14-12-23)16-21(26)20-15-19(27-2)9-10-22(20)28-3/h4-10,15H,11-14,16H2,1-3H3. The maximum atomic E-state index is 12.9. The molecular weight excluding hydrogens is 354 g/mol. The fourth-order valence-corrected chi connectivity index (χ4v) is 4.01. The highest BCUT2D eigenvalue weighted by molar-refractivity contribution is 6.00. The lowest BCUT2D eigenvalue weighted by atomic mass is 9.70. The lowest BCUT2D eigenvalue weighted by molar-refractivity contribution is -0.124. The number of ether oxygens (including phenoxy) is 2. The van der Waals surface area contributed by atoms with E-state index in [-0.39, 0.29) is 11.6 Å². The molecular formula is C23H27NO4. The minimum absolute atomic E-state index is 0.00853. The van der Waals surface area contributed by atoms with Crippen LogP contribution in [0.1, 0.15) is 35.7 Å². The Balaban J connectivity index is 1.72. The summed E-state index contributed by atoms with van der Waals surface area (Å²) < 4.78 is 10.6. The molecule has 1 aliphatic heterocycles. The highest BCUT2D eigenvalue weighted by Gasteiger charge is 2.40. The third kappa shape index (κ3) is 3.94. The molecule has 3 rings (SSSR count). The van der Waals surface area contributed by atoms with Crippen LogP contribution in [0.4, 0.5) is 0 Å². The number of ketones is 2. The van der Waals surface area contributed by atoms with E-state index in [2.05, 4.69) is 4.90 Å². The zero-order valence-electron chi connectivity index (χ0n) is 16.7. The highest BCUT2D eigenvalue weighted by atomic mass is 16.5. The minimum atomic E-state index is -0.450. The van der Waals surface area contributed by atoms with Gasteiger partial charge in [0.1, 0.15) is 17.3 Å². The summed E-state index contributed by atoms with van der Waals surface area (Å²) in [6.07, 6.45) is 1.43. The molecule has 5 nitrogen and oxygen atoms in total. The topological polar surface area (TPSA) is 55.8 Å². The predicted molar refractivity (Wildman–Crippen MR) is 108 cm³/mol. The molecule has 1 heterocycles. The number of likely N-dealkylation sites (tertiary alicyclic amines) is 1. The summed E-state index contributed by atoms with van der Waals surface area (Å²) in [6.45, 7) is 3.38. The van der Waals surface area contributed by atoms with Crippen molar-refractivity contribution in [3.63, 3.8) is 0 Å². The summed E-state index contributed by atoms with van der Waals surface area (Å²) in [5.41, 5.74) is 1.14. The molecule has 28 heavy (non-hydrogen) atoms. The van der Waals surface area contributed by atoms with Gasteiger partial charge in [-0.15, -0.1) is 0 Å². The Bertz CT molecular complexity index is 839. The first-order valence-corrected chi connectivity index (χ1v) is 9.54. The van der Waals surface area contributed by atoms with Crippen molar-refractivity contribution < 1.29 is 19.1 Å². The lowest BCUT2D eigenvalue weighted by Crippen LogP contribution is -2.47. The molecule has 0 saturated carbocycles. The average Bonchev–Trinajstić information content (AvgIpc) is 2.74. The fourth-order valence-electron chi connectivity index (χ4n) is 4.01. The Kier molecular flexibility index (Phi) is 6.15. The van der Waals surface area contributed by atoms with Crippen LogP contribution in [0.5, 0.6) is 11.5 Å². The Hall–Kier alpha value is -2.66. The van der Waals surface area contributed by atoms with E-state index in [1.807, 2.05) is 30.3 Å². The van der Waals surface area contributed by atoms with Gasteiger partial charge in [-0.05, 0) is 56.6 Å². The number of hydrogen-bond acceptors (Lipinski definition) is 5. The molecule has 2 aromatic rings. The Labute approximate surface area is 166 Å². The number of rotatable bonds is 7. The van der Waals surface area contributed by atoms with Crippen molar-refractivity contribution in [1.29, 1.82) is 0 Å². The van der Waals surface area contributed by atoms with Gasteiger partial charge in [0.25, 0.3) is 0 Å². The van der Waals surface area contributed by atoms with Gasteiger partial charge in [-0.25, -0.2) is 0 Å². The summed E-state index contributed by atoms with van der Waals surface area (Å²) in [7, 11) is 3.13. The zero-order valence-corrected chi connectivity index (χ0v) is 16.7. The van der Waals surface area contributed by atoms with Crippen molar-refractivity contribution in [3.8, 4) is 11.5 Å². The summed E-state index contributed by atoms with van der Waals surface area (Å²) in [6, 6.07) is 15.2. The van der Waals surface area contributed by atoms with Gasteiger partial charge in [0.2, 0.25) is 0 Å². The molecule has 0 amide bonds. The second-order valence-corrected chi connectivity index (χ2v) is 7.27. The Morgan fingerprint density at radius 3 is 2.25 bits per heavy atom. The minimum Gasteiger partial charge on any atom is -0.497 e. The van der Waals surface area contributed by atoms with E-state index in [9.17, 15) is 9.59 Å². The van der Waals surface area contributed by atoms with Crippen LogP contribution in [0.3, 0.4) is 0 Å². The smallest absolute Gasteiger partial charge is 0.180 e. The summed E-state index contributed by atoms with van der Waals surface area (Å²) in [5, 5.41) is 0. The van der Waals surface area contributed by atoms with Crippen molar-refractivity contribution in [2.24, 2.45) is 0 Å². The predicted octanol–water partition coefficient (Wildman–Crippen LogP) is 3.51. The zero-order chi connectivity index (χ0) is 20.1. The first-order valence-electron chi connectivity index (χ1n) is 9.54. The fraction of sp³-hybridized carbons (Fsp3) is 0.391. The number of carbonyl (C=O) groups is 2. The molecule has 5 heteroatoms. The third-order valence-corrected chi connectivity index (χ3v) is 5.78. The van der Waals surface area contributed by atoms with Crippen molar-refractivity contribution in [3.05, 3.63) is 59.7 Å². The van der Waals surface area contributed by atoms with Gasteiger partial charge in [-0.3, -0.25) is 14.5 Å². The van der Waals surface area contributed by atoms with Gasteiger partial charge in [0, 0.05) is 0 Å². The molecule has 0 unspecified atom stereocenters. The molecule has 148 valence electrons. The second-order valence-electron chi connectivity index (χ2n) is 7.27. The van der Waals surface area contributed by atoms with Crippen molar-refractivity contribution in [2.75, 3.05) is 33.9 Å². The molecule has 1 saturated heterocycles.